The summed E-state index contributed by atoms with van der Waals surface area (Å²) in [5.74, 6) is 0.280. The van der Waals surface area contributed by atoms with Crippen LogP contribution in [0.1, 0.15) is 57.9 Å². The van der Waals surface area contributed by atoms with Crippen LogP contribution in [0.4, 0.5) is 5.69 Å². The Morgan fingerprint density at radius 2 is 1.96 bits per heavy atom. The quantitative estimate of drug-likeness (QED) is 0.841. The van der Waals surface area contributed by atoms with Crippen molar-refractivity contribution in [2.24, 2.45) is 5.92 Å². The number of amides is 2. The van der Waals surface area contributed by atoms with Gasteiger partial charge in [0.25, 0.3) is 0 Å². The highest BCUT2D eigenvalue weighted by Gasteiger charge is 2.21. The van der Waals surface area contributed by atoms with Crippen LogP contribution in [-0.4, -0.2) is 17.9 Å². The largest absolute Gasteiger partial charge is 0.353 e. The molecule has 2 rings (SSSR count). The lowest BCUT2D eigenvalue weighted by molar-refractivity contribution is -0.121. The van der Waals surface area contributed by atoms with Crippen LogP contribution < -0.4 is 10.6 Å². The van der Waals surface area contributed by atoms with Crippen LogP contribution in [0, 0.1) is 5.92 Å². The van der Waals surface area contributed by atoms with Crippen molar-refractivity contribution in [3.63, 3.8) is 0 Å². The number of anilines is 1. The van der Waals surface area contributed by atoms with Crippen molar-refractivity contribution in [2.45, 2.75) is 64.8 Å². The molecule has 4 heteroatoms. The van der Waals surface area contributed by atoms with Crippen molar-refractivity contribution in [2.75, 3.05) is 5.32 Å². The van der Waals surface area contributed by atoms with E-state index in [1.165, 1.54) is 6.42 Å². The van der Waals surface area contributed by atoms with Crippen LogP contribution in [0.5, 0.6) is 0 Å². The van der Waals surface area contributed by atoms with E-state index in [0.717, 1.165) is 43.4 Å². The Labute approximate surface area is 139 Å². The average Bonchev–Trinajstić information content (AvgIpc) is 2.55. The Bertz CT molecular complexity index is 536. The molecule has 0 saturated heterocycles. The lowest BCUT2D eigenvalue weighted by Crippen LogP contribution is -2.33. The van der Waals surface area contributed by atoms with Gasteiger partial charge in [0.15, 0.2) is 0 Å². The molecular formula is C19H28N2O2. The number of nitrogens with one attached hydrogen (secondary N) is 2. The summed E-state index contributed by atoms with van der Waals surface area (Å²) in [6, 6.07) is 7.79. The molecule has 0 heterocycles. The normalized spacial score (nSPS) is 16.6. The van der Waals surface area contributed by atoms with Crippen molar-refractivity contribution < 1.29 is 9.59 Å². The van der Waals surface area contributed by atoms with Gasteiger partial charge in [-0.1, -0.05) is 38.3 Å². The lowest BCUT2D eigenvalue weighted by atomic mass is 9.88. The van der Waals surface area contributed by atoms with Crippen LogP contribution in [0.3, 0.4) is 0 Å². The highest BCUT2D eigenvalue weighted by atomic mass is 16.2. The third-order valence-corrected chi connectivity index (χ3v) is 4.55. The predicted octanol–water partition coefficient (Wildman–Crippen LogP) is 3.66. The average molecular weight is 316 g/mol. The molecule has 1 saturated carbocycles. The van der Waals surface area contributed by atoms with Crippen molar-refractivity contribution in [1.82, 2.24) is 5.32 Å². The van der Waals surface area contributed by atoms with Gasteiger partial charge in [0.05, 0.1) is 6.42 Å². The van der Waals surface area contributed by atoms with Crippen LogP contribution in [-0.2, 0) is 16.0 Å². The summed E-state index contributed by atoms with van der Waals surface area (Å²) < 4.78 is 0. The van der Waals surface area contributed by atoms with E-state index in [-0.39, 0.29) is 23.8 Å². The smallest absolute Gasteiger partial charge is 0.227 e. The van der Waals surface area contributed by atoms with E-state index >= 15 is 0 Å². The number of carbonyl (C=O) groups excluding carboxylic acids is 2. The first-order chi connectivity index (χ1) is 11.1. The SMILES string of the molecule is CCC(C)NC(=O)Cc1cccc(NC(=O)C2CCCCC2)c1. The van der Waals surface area contributed by atoms with Crippen LogP contribution >= 0.6 is 0 Å². The minimum absolute atomic E-state index is 0.0232. The summed E-state index contributed by atoms with van der Waals surface area (Å²) in [4.78, 5) is 24.3. The molecule has 1 aliphatic rings. The summed E-state index contributed by atoms with van der Waals surface area (Å²) in [6.07, 6.45) is 6.78. The van der Waals surface area contributed by atoms with Gasteiger partial charge < -0.3 is 10.6 Å². The van der Waals surface area contributed by atoms with Gasteiger partial charge >= 0.3 is 0 Å². The topological polar surface area (TPSA) is 58.2 Å². The molecule has 126 valence electrons. The van der Waals surface area contributed by atoms with Gasteiger partial charge in [-0.25, -0.2) is 0 Å². The maximum absolute atomic E-state index is 12.3. The first kappa shape index (κ1) is 17.5. The zero-order valence-corrected chi connectivity index (χ0v) is 14.2. The zero-order valence-electron chi connectivity index (χ0n) is 14.2. The molecule has 2 N–H and O–H groups in total. The highest BCUT2D eigenvalue weighted by Crippen LogP contribution is 2.25. The van der Waals surface area contributed by atoms with Crippen molar-refractivity contribution >= 4 is 17.5 Å². The Morgan fingerprint density at radius 3 is 2.65 bits per heavy atom. The number of benzene rings is 1. The molecule has 0 spiro atoms. The predicted molar refractivity (Wildman–Crippen MR) is 93.2 cm³/mol. The monoisotopic (exact) mass is 316 g/mol. The van der Waals surface area contributed by atoms with Crippen molar-refractivity contribution in [3.8, 4) is 0 Å². The van der Waals surface area contributed by atoms with Crippen molar-refractivity contribution in [1.29, 1.82) is 0 Å². The lowest BCUT2D eigenvalue weighted by Gasteiger charge is -2.20. The first-order valence-electron chi connectivity index (χ1n) is 8.77. The molecular weight excluding hydrogens is 288 g/mol. The van der Waals surface area contributed by atoms with Crippen LogP contribution in [0.25, 0.3) is 0 Å². The number of hydrogen-bond donors (Lipinski definition) is 2. The summed E-state index contributed by atoms with van der Waals surface area (Å²) in [5.41, 5.74) is 1.71. The van der Waals surface area contributed by atoms with Gasteiger partial charge in [-0.3, -0.25) is 9.59 Å². The molecule has 0 bridgehead atoms. The third-order valence-electron chi connectivity index (χ3n) is 4.55. The van der Waals surface area contributed by atoms with E-state index in [0.29, 0.717) is 6.42 Å². The summed E-state index contributed by atoms with van der Waals surface area (Å²) in [7, 11) is 0. The van der Waals surface area contributed by atoms with Gasteiger partial charge in [-0.2, -0.15) is 0 Å². The van der Waals surface area contributed by atoms with E-state index in [9.17, 15) is 9.59 Å². The molecule has 1 atom stereocenters. The van der Waals surface area contributed by atoms with E-state index in [2.05, 4.69) is 10.6 Å². The van der Waals surface area contributed by atoms with Gasteiger partial charge in [0.1, 0.15) is 0 Å². The minimum atomic E-state index is 0.0232. The van der Waals surface area contributed by atoms with Gasteiger partial charge in [-0.05, 0) is 43.9 Å². The summed E-state index contributed by atoms with van der Waals surface area (Å²) in [6.45, 7) is 4.05. The molecule has 1 aromatic rings. The molecule has 0 aromatic heterocycles. The molecule has 4 nitrogen and oxygen atoms in total. The van der Waals surface area contributed by atoms with Crippen LogP contribution in [0.15, 0.2) is 24.3 Å². The highest BCUT2D eigenvalue weighted by molar-refractivity contribution is 5.92. The fraction of sp³-hybridized carbons (Fsp3) is 0.579. The Balaban J connectivity index is 1.91. The zero-order chi connectivity index (χ0) is 16.7. The second-order valence-electron chi connectivity index (χ2n) is 6.58. The molecule has 23 heavy (non-hydrogen) atoms. The van der Waals surface area contributed by atoms with Crippen LogP contribution in [0.2, 0.25) is 0 Å². The molecule has 0 aliphatic heterocycles. The van der Waals surface area contributed by atoms with E-state index < -0.39 is 0 Å². The summed E-state index contributed by atoms with van der Waals surface area (Å²) >= 11 is 0. The molecule has 0 radical (unpaired) electrons. The van der Waals surface area contributed by atoms with Crippen molar-refractivity contribution in [3.05, 3.63) is 29.8 Å². The van der Waals surface area contributed by atoms with E-state index in [4.69, 9.17) is 0 Å². The minimum Gasteiger partial charge on any atom is -0.353 e. The van der Waals surface area contributed by atoms with E-state index in [1.807, 2.05) is 38.1 Å². The third kappa shape index (κ3) is 5.70. The van der Waals surface area contributed by atoms with Gasteiger partial charge in [-0.15, -0.1) is 0 Å². The molecule has 1 fully saturated rings. The maximum atomic E-state index is 12.3. The second kappa shape index (κ2) is 8.70. The Hall–Kier alpha value is -1.84. The molecule has 1 aliphatic carbocycles. The molecule has 1 unspecified atom stereocenters. The number of rotatable bonds is 6. The summed E-state index contributed by atoms with van der Waals surface area (Å²) in [5, 5.41) is 5.97. The Kier molecular flexibility index (Phi) is 6.63. The second-order valence-corrected chi connectivity index (χ2v) is 6.58. The number of hydrogen-bond acceptors (Lipinski definition) is 2. The fourth-order valence-electron chi connectivity index (χ4n) is 2.98. The molecule has 1 aromatic carbocycles. The standard InChI is InChI=1S/C19H28N2O2/c1-3-14(2)20-18(22)13-15-8-7-11-17(12-15)21-19(23)16-9-5-4-6-10-16/h7-8,11-12,14,16H,3-6,9-10,13H2,1-2H3,(H,20,22)(H,21,23). The van der Waals surface area contributed by atoms with Gasteiger partial charge in [0, 0.05) is 17.6 Å². The fourth-order valence-corrected chi connectivity index (χ4v) is 2.98. The Morgan fingerprint density at radius 1 is 1.22 bits per heavy atom. The number of carbonyl (C=O) groups is 2. The first-order valence-corrected chi connectivity index (χ1v) is 8.77. The van der Waals surface area contributed by atoms with E-state index in [1.54, 1.807) is 0 Å². The molecule has 2 amide bonds. The van der Waals surface area contributed by atoms with Gasteiger partial charge in [0.2, 0.25) is 11.8 Å². The maximum Gasteiger partial charge on any atom is 0.227 e.